The van der Waals surface area contributed by atoms with Gasteiger partial charge in [-0.2, -0.15) is 0 Å². The summed E-state index contributed by atoms with van der Waals surface area (Å²) in [4.78, 5) is 0. The fourth-order valence-corrected chi connectivity index (χ4v) is 8.95. The van der Waals surface area contributed by atoms with E-state index in [9.17, 15) is 0 Å². The molecule has 0 atom stereocenters. The molecule has 0 amide bonds. The maximum atomic E-state index is 4.33. The Balaban J connectivity index is 1.40. The molecule has 9 rings (SSSR count). The van der Waals surface area contributed by atoms with Gasteiger partial charge in [0.1, 0.15) is 0 Å². The molecule has 2 N–H and O–H groups in total. The summed E-state index contributed by atoms with van der Waals surface area (Å²) in [5.41, 5.74) is 18.0. The molecule has 8 aromatic rings. The molecule has 0 saturated heterocycles. The maximum Gasteiger partial charge on any atom is 0.0710 e. The highest BCUT2D eigenvalue weighted by molar-refractivity contribution is 6.18. The SMILES string of the molecule is Cc1cccc(C)c1NC1=C(Nc2c(C(c3ccccc3)c3ccccc3)cc(C(C)(C)C)cc2C(c2ccccc2)c2ccccc2)c2cccc3cccc1c23. The lowest BCUT2D eigenvalue weighted by Crippen LogP contribution is -2.19. The fourth-order valence-electron chi connectivity index (χ4n) is 8.95. The van der Waals surface area contributed by atoms with E-state index in [0.29, 0.717) is 0 Å². The van der Waals surface area contributed by atoms with Crippen LogP contribution in [0.15, 0.2) is 188 Å². The van der Waals surface area contributed by atoms with Crippen molar-refractivity contribution in [3.63, 3.8) is 0 Å². The Bertz CT molecular complexity index is 2550. The first-order valence-electron chi connectivity index (χ1n) is 20.5. The number of nitrogens with one attached hydrogen (secondary N) is 2. The highest BCUT2D eigenvalue weighted by Crippen LogP contribution is 2.49. The van der Waals surface area contributed by atoms with E-state index in [1.165, 1.54) is 72.0 Å². The minimum atomic E-state index is -0.124. The van der Waals surface area contributed by atoms with Crippen LogP contribution >= 0.6 is 0 Å². The first-order chi connectivity index (χ1) is 28.3. The zero-order valence-electron chi connectivity index (χ0n) is 34.1. The molecule has 1 aliphatic rings. The van der Waals surface area contributed by atoms with E-state index in [0.717, 1.165) is 22.8 Å². The number of rotatable bonds is 10. The molecule has 58 heavy (non-hydrogen) atoms. The molecule has 1 aliphatic carbocycles. The highest BCUT2D eigenvalue weighted by Gasteiger charge is 2.33. The molecule has 0 radical (unpaired) electrons. The van der Waals surface area contributed by atoms with Crippen molar-refractivity contribution in [2.24, 2.45) is 0 Å². The van der Waals surface area contributed by atoms with Crippen molar-refractivity contribution in [2.45, 2.75) is 51.9 Å². The van der Waals surface area contributed by atoms with Crippen molar-refractivity contribution in [3.05, 3.63) is 249 Å². The molecule has 2 heteroatoms. The molecule has 0 spiro atoms. The average Bonchev–Trinajstić information content (AvgIpc) is 3.54. The van der Waals surface area contributed by atoms with E-state index in [4.69, 9.17) is 0 Å². The van der Waals surface area contributed by atoms with E-state index in [1.54, 1.807) is 0 Å². The van der Waals surface area contributed by atoms with Gasteiger partial charge in [0.05, 0.1) is 11.4 Å². The van der Waals surface area contributed by atoms with Gasteiger partial charge in [0.2, 0.25) is 0 Å². The number of benzene rings is 8. The van der Waals surface area contributed by atoms with Crippen molar-refractivity contribution in [1.29, 1.82) is 0 Å². The summed E-state index contributed by atoms with van der Waals surface area (Å²) in [7, 11) is 0. The molecule has 0 saturated carbocycles. The van der Waals surface area contributed by atoms with Crippen LogP contribution in [0.1, 0.15) is 93.8 Å². The van der Waals surface area contributed by atoms with Gasteiger partial charge in [-0.25, -0.2) is 0 Å². The minimum Gasteiger partial charge on any atom is -0.353 e. The molecule has 2 nitrogen and oxygen atoms in total. The Kier molecular flexibility index (Phi) is 9.79. The average molecular weight is 751 g/mol. The van der Waals surface area contributed by atoms with Crippen LogP contribution in [0.5, 0.6) is 0 Å². The van der Waals surface area contributed by atoms with E-state index >= 15 is 0 Å². The van der Waals surface area contributed by atoms with E-state index in [2.05, 4.69) is 233 Å². The highest BCUT2D eigenvalue weighted by atomic mass is 15.0. The van der Waals surface area contributed by atoms with Gasteiger partial charge < -0.3 is 10.6 Å². The third kappa shape index (κ3) is 6.90. The molecule has 0 unspecified atom stereocenters. The molecule has 0 fully saturated rings. The Morgan fingerprint density at radius 2 is 0.759 bits per heavy atom. The topological polar surface area (TPSA) is 24.1 Å². The summed E-state index contributed by atoms with van der Waals surface area (Å²) in [6, 6.07) is 69.1. The number of para-hydroxylation sites is 1. The fraction of sp³-hybridized carbons (Fsp3) is 0.143. The molecule has 8 aromatic carbocycles. The zero-order valence-corrected chi connectivity index (χ0v) is 34.1. The molecule has 0 aliphatic heterocycles. The van der Waals surface area contributed by atoms with Gasteiger partial charge in [-0.1, -0.05) is 209 Å². The number of hydrogen-bond donors (Lipinski definition) is 2. The predicted molar refractivity (Wildman–Crippen MR) is 247 cm³/mol. The van der Waals surface area contributed by atoms with Crippen LogP contribution in [0.4, 0.5) is 11.4 Å². The van der Waals surface area contributed by atoms with Crippen molar-refractivity contribution >= 4 is 33.5 Å². The van der Waals surface area contributed by atoms with Crippen molar-refractivity contribution < 1.29 is 0 Å². The van der Waals surface area contributed by atoms with Crippen LogP contribution in [0, 0.1) is 13.8 Å². The lowest BCUT2D eigenvalue weighted by Gasteiger charge is -2.32. The second-order valence-corrected chi connectivity index (χ2v) is 16.8. The van der Waals surface area contributed by atoms with Crippen LogP contribution in [-0.4, -0.2) is 0 Å². The Morgan fingerprint density at radius 1 is 0.397 bits per heavy atom. The molecule has 284 valence electrons. The van der Waals surface area contributed by atoms with Gasteiger partial charge in [0.25, 0.3) is 0 Å². The maximum absolute atomic E-state index is 4.33. The smallest absolute Gasteiger partial charge is 0.0710 e. The number of aryl methyl sites for hydroxylation is 2. The van der Waals surface area contributed by atoms with Gasteiger partial charge in [0, 0.05) is 39.7 Å². The van der Waals surface area contributed by atoms with Crippen molar-refractivity contribution in [2.75, 3.05) is 10.6 Å². The number of hydrogen-bond acceptors (Lipinski definition) is 2. The second kappa shape index (κ2) is 15.4. The Morgan fingerprint density at radius 3 is 1.14 bits per heavy atom. The summed E-state index contributed by atoms with van der Waals surface area (Å²) >= 11 is 0. The van der Waals surface area contributed by atoms with Gasteiger partial charge in [-0.3, -0.25) is 0 Å². The summed E-state index contributed by atoms with van der Waals surface area (Å²) in [6.07, 6.45) is 0. The van der Waals surface area contributed by atoms with E-state index in [1.807, 2.05) is 0 Å². The molecular weight excluding hydrogens is 701 g/mol. The monoisotopic (exact) mass is 750 g/mol. The van der Waals surface area contributed by atoms with Crippen LogP contribution < -0.4 is 10.6 Å². The first kappa shape index (κ1) is 37.0. The Labute approximate surface area is 344 Å². The molecule has 0 aromatic heterocycles. The molecular formula is C56H50N2. The summed E-state index contributed by atoms with van der Waals surface area (Å²) < 4.78 is 0. The predicted octanol–water partition coefficient (Wildman–Crippen LogP) is 14.5. The Hall–Kier alpha value is -6.64. The summed E-state index contributed by atoms with van der Waals surface area (Å²) in [5.74, 6) is -0.0957. The minimum absolute atomic E-state index is 0.0478. The third-order valence-electron chi connectivity index (χ3n) is 11.9. The van der Waals surface area contributed by atoms with E-state index in [-0.39, 0.29) is 17.3 Å². The largest absolute Gasteiger partial charge is 0.353 e. The van der Waals surface area contributed by atoms with Crippen LogP contribution in [0.25, 0.3) is 22.2 Å². The summed E-state index contributed by atoms with van der Waals surface area (Å²) in [6.45, 7) is 11.4. The molecule has 0 bridgehead atoms. The quantitative estimate of drug-likeness (QED) is 0.136. The third-order valence-corrected chi connectivity index (χ3v) is 11.9. The van der Waals surface area contributed by atoms with Crippen LogP contribution in [0.2, 0.25) is 0 Å². The second-order valence-electron chi connectivity index (χ2n) is 16.8. The van der Waals surface area contributed by atoms with Crippen molar-refractivity contribution in [1.82, 2.24) is 0 Å². The normalized spacial score (nSPS) is 12.5. The van der Waals surface area contributed by atoms with Gasteiger partial charge >= 0.3 is 0 Å². The van der Waals surface area contributed by atoms with Gasteiger partial charge in [-0.15, -0.1) is 0 Å². The van der Waals surface area contributed by atoms with E-state index < -0.39 is 0 Å². The van der Waals surface area contributed by atoms with Crippen LogP contribution in [0.3, 0.4) is 0 Å². The van der Waals surface area contributed by atoms with Gasteiger partial charge in [0.15, 0.2) is 0 Å². The summed E-state index contributed by atoms with van der Waals surface area (Å²) in [5, 5.41) is 10.9. The van der Waals surface area contributed by atoms with Crippen LogP contribution in [-0.2, 0) is 5.41 Å². The first-order valence-corrected chi connectivity index (χ1v) is 20.5. The standard InChI is InChI=1S/C56H50N2/c1-37-21-18-22-38(2)52(37)57-54-45-33-19-31-43-32-20-34-46(51(43)45)55(54)58-53-47(49(39-23-10-6-11-24-39)40-25-12-7-13-26-40)35-44(56(3,4)5)36-48(53)50(41-27-14-8-15-28-41)42-29-16-9-17-30-42/h6-36,49-50,57-58H,1-5H3. The van der Waals surface area contributed by atoms with Gasteiger partial charge in [-0.05, 0) is 74.7 Å². The zero-order chi connectivity index (χ0) is 39.8. The number of anilines is 2. The molecule has 0 heterocycles. The van der Waals surface area contributed by atoms with Crippen molar-refractivity contribution in [3.8, 4) is 0 Å². The lowest BCUT2D eigenvalue weighted by molar-refractivity contribution is 0.588. The lowest BCUT2D eigenvalue weighted by atomic mass is 9.75.